The predicted molar refractivity (Wildman–Crippen MR) is 73.8 cm³/mol. The summed E-state index contributed by atoms with van der Waals surface area (Å²) in [5.74, 6) is 5.83. The van der Waals surface area contributed by atoms with Gasteiger partial charge in [0.25, 0.3) is 0 Å². The van der Waals surface area contributed by atoms with Gasteiger partial charge in [0.2, 0.25) is 5.95 Å². The number of ether oxygens (including phenoxy) is 1. The molecule has 1 rings (SSSR count). The van der Waals surface area contributed by atoms with E-state index in [0.29, 0.717) is 10.9 Å². The van der Waals surface area contributed by atoms with Crippen molar-refractivity contribution in [3.63, 3.8) is 0 Å². The van der Waals surface area contributed by atoms with Gasteiger partial charge in [0.15, 0.2) is 5.16 Å². The average molecular weight is 307 g/mol. The molecule has 19 heavy (non-hydrogen) atoms. The molecule has 10 heteroatoms. The zero-order valence-corrected chi connectivity index (χ0v) is 12.6. The number of nitrogens with zero attached hydrogens (tertiary/aromatic N) is 3. The maximum Gasteiger partial charge on any atom is 0.322 e. The Bertz CT molecular complexity index is 521. The van der Waals surface area contributed by atoms with Gasteiger partial charge in [-0.1, -0.05) is 11.8 Å². The molecular weight excluding hydrogens is 290 g/mol. The van der Waals surface area contributed by atoms with E-state index in [4.69, 9.17) is 10.6 Å². The van der Waals surface area contributed by atoms with E-state index in [1.807, 2.05) is 13.8 Å². The van der Waals surface area contributed by atoms with E-state index in [1.165, 1.54) is 18.0 Å². The number of nitrogen functional groups attached to an aromatic ring is 1. The van der Waals surface area contributed by atoms with E-state index in [0.717, 1.165) is 0 Å². The molecule has 1 aromatic rings. The van der Waals surface area contributed by atoms with Crippen LogP contribution in [0.25, 0.3) is 0 Å². The van der Waals surface area contributed by atoms with E-state index in [-0.39, 0.29) is 23.8 Å². The largest absolute Gasteiger partial charge is 0.461 e. The summed E-state index contributed by atoms with van der Waals surface area (Å²) in [4.78, 5) is 12.0. The third-order valence-electron chi connectivity index (χ3n) is 1.75. The lowest BCUT2D eigenvalue weighted by atomic mass is 10.5. The molecule has 8 nitrogen and oxygen atoms in total. The number of nitrogens with two attached hydrogens (primary N) is 1. The monoisotopic (exact) mass is 307 g/mol. The molecule has 3 N–H and O–H groups in total. The lowest BCUT2D eigenvalue weighted by Crippen LogP contribution is -2.15. The quantitative estimate of drug-likeness (QED) is 0.410. The van der Waals surface area contributed by atoms with E-state index in [1.54, 1.807) is 0 Å². The molecule has 0 aliphatic rings. The number of thioether (sulfide) groups is 1. The Balaban J connectivity index is 2.76. The number of sulfone groups is 1. The number of hydrogen-bond acceptors (Lipinski definition) is 9. The smallest absolute Gasteiger partial charge is 0.322 e. The molecule has 0 saturated heterocycles. The van der Waals surface area contributed by atoms with Crippen molar-refractivity contribution in [3.8, 4) is 6.01 Å². The maximum absolute atomic E-state index is 11.0. The number of aromatic nitrogens is 3. The second-order valence-electron chi connectivity index (χ2n) is 4.01. The van der Waals surface area contributed by atoms with Crippen LogP contribution in [0.3, 0.4) is 0 Å². The highest BCUT2D eigenvalue weighted by Crippen LogP contribution is 2.18. The summed E-state index contributed by atoms with van der Waals surface area (Å²) in [5.41, 5.74) is 2.31. The number of hydrazine groups is 1. The van der Waals surface area contributed by atoms with Gasteiger partial charge in [-0.2, -0.15) is 15.0 Å². The highest BCUT2D eigenvalue weighted by molar-refractivity contribution is 8.00. The molecule has 1 heterocycles. The van der Waals surface area contributed by atoms with Crippen LogP contribution < -0.4 is 16.0 Å². The second-order valence-corrected chi connectivity index (χ2v) is 7.34. The highest BCUT2D eigenvalue weighted by Gasteiger charge is 2.10. The summed E-state index contributed by atoms with van der Waals surface area (Å²) in [5, 5.41) is 0.363. The molecule has 0 aliphatic heterocycles. The number of hydrogen-bond donors (Lipinski definition) is 2. The fraction of sp³-hybridized carbons (Fsp3) is 0.667. The summed E-state index contributed by atoms with van der Waals surface area (Å²) in [6.45, 7) is 3.69. The van der Waals surface area contributed by atoms with Crippen LogP contribution in [-0.4, -0.2) is 47.2 Å². The van der Waals surface area contributed by atoms with Crippen LogP contribution in [0.15, 0.2) is 5.16 Å². The summed E-state index contributed by atoms with van der Waals surface area (Å²) in [6, 6.07) is 0.153. The normalized spacial score (nSPS) is 11.6. The number of rotatable bonds is 7. The third kappa shape index (κ3) is 6.55. The van der Waals surface area contributed by atoms with Crippen molar-refractivity contribution >= 4 is 27.5 Å². The van der Waals surface area contributed by atoms with Crippen molar-refractivity contribution in [1.29, 1.82) is 0 Å². The van der Waals surface area contributed by atoms with E-state index in [2.05, 4.69) is 20.4 Å². The zero-order valence-electron chi connectivity index (χ0n) is 11.0. The minimum Gasteiger partial charge on any atom is -0.461 e. The van der Waals surface area contributed by atoms with Crippen molar-refractivity contribution in [2.45, 2.75) is 25.1 Å². The molecule has 0 amide bonds. The van der Waals surface area contributed by atoms with Crippen LogP contribution in [0.1, 0.15) is 13.8 Å². The topological polar surface area (TPSA) is 120 Å². The fourth-order valence-electron chi connectivity index (χ4n) is 1.01. The summed E-state index contributed by atoms with van der Waals surface area (Å²) < 4.78 is 27.4. The molecule has 0 spiro atoms. The van der Waals surface area contributed by atoms with Crippen LogP contribution in [0, 0.1) is 0 Å². The molecule has 0 atom stereocenters. The van der Waals surface area contributed by atoms with Gasteiger partial charge in [0, 0.05) is 12.0 Å². The Morgan fingerprint density at radius 3 is 2.58 bits per heavy atom. The van der Waals surface area contributed by atoms with Crippen LogP contribution in [-0.2, 0) is 9.84 Å². The van der Waals surface area contributed by atoms with Gasteiger partial charge >= 0.3 is 6.01 Å². The Kier molecular flexibility index (Phi) is 5.76. The van der Waals surface area contributed by atoms with Gasteiger partial charge in [0.1, 0.15) is 9.84 Å². The van der Waals surface area contributed by atoms with Crippen molar-refractivity contribution in [1.82, 2.24) is 15.0 Å². The Hall–Kier alpha value is -1.13. The van der Waals surface area contributed by atoms with Crippen LogP contribution in [0.2, 0.25) is 0 Å². The average Bonchev–Trinajstić information content (AvgIpc) is 2.26. The van der Waals surface area contributed by atoms with Gasteiger partial charge in [-0.05, 0) is 13.8 Å². The van der Waals surface area contributed by atoms with Gasteiger partial charge < -0.3 is 4.74 Å². The maximum atomic E-state index is 11.0. The first-order valence-corrected chi connectivity index (χ1v) is 8.54. The standard InChI is InChI=1S/C9H17N5O3S2/c1-6(2)17-8-11-7(14-10)12-9(13-8)18-4-5-19(3,15)16/h6H,4-5,10H2,1-3H3,(H,11,12,13,14). The molecule has 0 unspecified atom stereocenters. The van der Waals surface area contributed by atoms with E-state index < -0.39 is 9.84 Å². The van der Waals surface area contributed by atoms with Gasteiger partial charge in [-0.15, -0.1) is 0 Å². The molecule has 0 radical (unpaired) electrons. The first-order valence-electron chi connectivity index (χ1n) is 5.50. The van der Waals surface area contributed by atoms with Crippen LogP contribution in [0.5, 0.6) is 6.01 Å². The summed E-state index contributed by atoms with van der Waals surface area (Å²) in [7, 11) is -3.00. The van der Waals surface area contributed by atoms with Crippen molar-refractivity contribution in [2.75, 3.05) is 23.2 Å². The predicted octanol–water partition coefficient (Wildman–Crippen LogP) is 0.0811. The number of anilines is 1. The first-order chi connectivity index (χ1) is 8.80. The third-order valence-corrected chi connectivity index (χ3v) is 3.80. The molecule has 0 saturated carbocycles. The molecule has 0 bridgehead atoms. The summed E-state index contributed by atoms with van der Waals surface area (Å²) >= 11 is 1.20. The highest BCUT2D eigenvalue weighted by atomic mass is 32.2. The fourth-order valence-corrected chi connectivity index (χ4v) is 3.04. The lowest BCUT2D eigenvalue weighted by Gasteiger charge is -2.09. The van der Waals surface area contributed by atoms with E-state index in [9.17, 15) is 8.42 Å². The zero-order chi connectivity index (χ0) is 14.5. The lowest BCUT2D eigenvalue weighted by molar-refractivity contribution is 0.219. The minimum atomic E-state index is -3.00. The molecule has 108 valence electrons. The van der Waals surface area contributed by atoms with Gasteiger partial charge in [0.05, 0.1) is 11.9 Å². The Morgan fingerprint density at radius 1 is 1.37 bits per heavy atom. The van der Waals surface area contributed by atoms with Crippen molar-refractivity contribution in [3.05, 3.63) is 0 Å². The molecule has 0 aromatic carbocycles. The Labute approximate surface area is 116 Å². The molecule has 0 aliphatic carbocycles. The molecule has 1 aromatic heterocycles. The van der Waals surface area contributed by atoms with E-state index >= 15 is 0 Å². The van der Waals surface area contributed by atoms with Crippen LogP contribution >= 0.6 is 11.8 Å². The van der Waals surface area contributed by atoms with Crippen molar-refractivity contribution < 1.29 is 13.2 Å². The van der Waals surface area contributed by atoms with Crippen LogP contribution in [0.4, 0.5) is 5.95 Å². The summed E-state index contributed by atoms with van der Waals surface area (Å²) in [6.07, 6.45) is 1.10. The molecular formula is C9H17N5O3S2. The van der Waals surface area contributed by atoms with Gasteiger partial charge in [-0.25, -0.2) is 14.3 Å². The Morgan fingerprint density at radius 2 is 2.05 bits per heavy atom. The SMILES string of the molecule is CC(C)Oc1nc(NN)nc(SCCS(C)(=O)=O)n1. The second kappa shape index (κ2) is 6.87. The van der Waals surface area contributed by atoms with Gasteiger partial charge in [-0.3, -0.25) is 5.43 Å². The first kappa shape index (κ1) is 15.9. The van der Waals surface area contributed by atoms with Crippen molar-refractivity contribution in [2.24, 2.45) is 5.84 Å². The minimum absolute atomic E-state index is 0.0507. The number of nitrogens with one attached hydrogen (secondary N) is 1. The molecule has 0 fully saturated rings.